The van der Waals surface area contributed by atoms with Crippen LogP contribution in [0.4, 0.5) is 11.4 Å². The number of nitrogen functional groups attached to an aromatic ring is 1. The van der Waals surface area contributed by atoms with Crippen molar-refractivity contribution in [3.8, 4) is 0 Å². The molecule has 0 atom stereocenters. The number of nitrogens with zero attached hydrogens (tertiary/aromatic N) is 1. The van der Waals surface area contributed by atoms with Gasteiger partial charge in [-0.15, -0.1) is 0 Å². The lowest BCUT2D eigenvalue weighted by atomic mass is 10.2. The lowest BCUT2D eigenvalue weighted by molar-refractivity contribution is 0.303. The molecule has 0 saturated heterocycles. The van der Waals surface area contributed by atoms with Gasteiger partial charge < -0.3 is 16.0 Å². The minimum Gasteiger partial charge on any atom is -0.397 e. The first-order chi connectivity index (χ1) is 9.38. The number of primary sulfonamides is 1. The fraction of sp³-hybridized carbons (Fsp3) is 0.538. The fourth-order valence-corrected chi connectivity index (χ4v) is 2.47. The van der Waals surface area contributed by atoms with E-state index in [1.165, 1.54) is 12.1 Å². The Morgan fingerprint density at radius 3 is 2.45 bits per heavy atom. The van der Waals surface area contributed by atoms with Gasteiger partial charge in [-0.25, -0.2) is 13.6 Å². The van der Waals surface area contributed by atoms with E-state index in [0.717, 1.165) is 32.6 Å². The van der Waals surface area contributed by atoms with Crippen LogP contribution in [0.1, 0.15) is 20.3 Å². The highest BCUT2D eigenvalue weighted by atomic mass is 32.2. The molecule has 0 spiro atoms. The Bertz CT molecular complexity index is 527. The molecule has 114 valence electrons. The summed E-state index contributed by atoms with van der Waals surface area (Å²) in [7, 11) is -3.70. The number of nitrogens with one attached hydrogen (secondary N) is 1. The number of hydrogen-bond acceptors (Lipinski definition) is 5. The van der Waals surface area contributed by atoms with Gasteiger partial charge in [0.25, 0.3) is 0 Å². The SMILES string of the molecule is CCN(CC)CCCNc1cc(S(N)(=O)=O)ccc1N. The lowest BCUT2D eigenvalue weighted by Crippen LogP contribution is -2.25. The molecule has 0 aromatic heterocycles. The molecule has 20 heavy (non-hydrogen) atoms. The number of anilines is 2. The second-order valence-corrected chi connectivity index (χ2v) is 6.16. The molecule has 1 aromatic rings. The molecule has 1 rings (SSSR count). The first kappa shape index (κ1) is 16.7. The van der Waals surface area contributed by atoms with Gasteiger partial charge in [-0.1, -0.05) is 13.8 Å². The number of benzene rings is 1. The molecular weight excluding hydrogens is 276 g/mol. The highest BCUT2D eigenvalue weighted by Crippen LogP contribution is 2.22. The molecular formula is C13H24N4O2S. The Kier molecular flexibility index (Phi) is 6.25. The van der Waals surface area contributed by atoms with Gasteiger partial charge in [-0.3, -0.25) is 0 Å². The first-order valence-corrected chi connectivity index (χ1v) is 8.31. The van der Waals surface area contributed by atoms with Crippen molar-refractivity contribution < 1.29 is 8.42 Å². The molecule has 0 aliphatic carbocycles. The Hall–Kier alpha value is -1.31. The predicted molar refractivity (Wildman–Crippen MR) is 83.1 cm³/mol. The van der Waals surface area contributed by atoms with E-state index in [-0.39, 0.29) is 4.90 Å². The van der Waals surface area contributed by atoms with E-state index >= 15 is 0 Å². The van der Waals surface area contributed by atoms with E-state index < -0.39 is 10.0 Å². The Morgan fingerprint density at radius 2 is 1.90 bits per heavy atom. The molecule has 5 N–H and O–H groups in total. The monoisotopic (exact) mass is 300 g/mol. The Labute approximate surface area is 121 Å². The minimum atomic E-state index is -3.70. The summed E-state index contributed by atoms with van der Waals surface area (Å²) in [6, 6.07) is 4.43. The van der Waals surface area contributed by atoms with Crippen LogP contribution < -0.4 is 16.2 Å². The maximum Gasteiger partial charge on any atom is 0.238 e. The maximum absolute atomic E-state index is 11.3. The molecule has 0 radical (unpaired) electrons. The van der Waals surface area contributed by atoms with E-state index in [4.69, 9.17) is 10.9 Å². The summed E-state index contributed by atoms with van der Waals surface area (Å²) in [6.45, 7) is 8.04. The van der Waals surface area contributed by atoms with Crippen LogP contribution in [0, 0.1) is 0 Å². The van der Waals surface area contributed by atoms with E-state index in [0.29, 0.717) is 11.4 Å². The summed E-state index contributed by atoms with van der Waals surface area (Å²) in [5.41, 5.74) is 6.94. The Balaban J connectivity index is 2.60. The number of nitrogens with two attached hydrogens (primary N) is 2. The molecule has 0 aliphatic rings. The van der Waals surface area contributed by atoms with Crippen LogP contribution in [0.15, 0.2) is 23.1 Å². The maximum atomic E-state index is 11.3. The minimum absolute atomic E-state index is 0.0675. The van der Waals surface area contributed by atoms with Crippen LogP contribution in [0.5, 0.6) is 0 Å². The standard InChI is InChI=1S/C13H24N4O2S/c1-3-17(4-2)9-5-8-16-13-10-11(20(15,18)19)6-7-12(13)14/h6-7,10,16H,3-5,8-9,14H2,1-2H3,(H2,15,18,19). The van der Waals surface area contributed by atoms with Crippen molar-refractivity contribution in [3.05, 3.63) is 18.2 Å². The quantitative estimate of drug-likeness (QED) is 0.492. The lowest BCUT2D eigenvalue weighted by Gasteiger charge is -2.18. The molecule has 0 heterocycles. The highest BCUT2D eigenvalue weighted by molar-refractivity contribution is 7.89. The van der Waals surface area contributed by atoms with Crippen molar-refractivity contribution >= 4 is 21.4 Å². The zero-order chi connectivity index (χ0) is 15.2. The van der Waals surface area contributed by atoms with E-state index in [2.05, 4.69) is 24.1 Å². The van der Waals surface area contributed by atoms with Gasteiger partial charge >= 0.3 is 0 Å². The molecule has 0 saturated carbocycles. The first-order valence-electron chi connectivity index (χ1n) is 6.77. The topological polar surface area (TPSA) is 101 Å². The molecule has 0 amide bonds. The van der Waals surface area contributed by atoms with Crippen LogP contribution in [-0.2, 0) is 10.0 Å². The predicted octanol–water partition coefficient (Wildman–Crippen LogP) is 1.06. The van der Waals surface area contributed by atoms with Crippen molar-refractivity contribution in [1.82, 2.24) is 4.90 Å². The largest absolute Gasteiger partial charge is 0.397 e. The van der Waals surface area contributed by atoms with Gasteiger partial charge in [0, 0.05) is 6.54 Å². The van der Waals surface area contributed by atoms with Crippen molar-refractivity contribution in [2.24, 2.45) is 5.14 Å². The van der Waals surface area contributed by atoms with Gasteiger partial charge in [-0.2, -0.15) is 0 Å². The van der Waals surface area contributed by atoms with Gasteiger partial charge in [0.05, 0.1) is 16.3 Å². The van der Waals surface area contributed by atoms with Crippen LogP contribution >= 0.6 is 0 Å². The average Bonchev–Trinajstić information content (AvgIpc) is 2.39. The van der Waals surface area contributed by atoms with Crippen LogP contribution in [0.2, 0.25) is 0 Å². The van der Waals surface area contributed by atoms with E-state index in [1.807, 2.05) is 0 Å². The van der Waals surface area contributed by atoms with Crippen molar-refractivity contribution in [1.29, 1.82) is 0 Å². The second kappa shape index (κ2) is 7.47. The third-order valence-corrected chi connectivity index (χ3v) is 4.13. The summed E-state index contributed by atoms with van der Waals surface area (Å²) in [5, 5.41) is 8.26. The zero-order valence-corrected chi connectivity index (χ0v) is 12.9. The van der Waals surface area contributed by atoms with Crippen LogP contribution in [0.25, 0.3) is 0 Å². The smallest absolute Gasteiger partial charge is 0.238 e. The second-order valence-electron chi connectivity index (χ2n) is 4.60. The summed E-state index contributed by atoms with van der Waals surface area (Å²) >= 11 is 0. The van der Waals surface area contributed by atoms with Crippen molar-refractivity contribution in [2.75, 3.05) is 37.2 Å². The number of sulfonamides is 1. The summed E-state index contributed by atoms with van der Waals surface area (Å²) in [5.74, 6) is 0. The molecule has 0 fully saturated rings. The summed E-state index contributed by atoms with van der Waals surface area (Å²) in [4.78, 5) is 2.39. The summed E-state index contributed by atoms with van der Waals surface area (Å²) in [6.07, 6.45) is 0.959. The third kappa shape index (κ3) is 4.99. The molecule has 0 unspecified atom stereocenters. The normalized spacial score (nSPS) is 11.8. The van der Waals surface area contributed by atoms with Gasteiger partial charge in [0.1, 0.15) is 0 Å². The molecule has 6 nitrogen and oxygen atoms in total. The molecule has 0 aliphatic heterocycles. The van der Waals surface area contributed by atoms with Gasteiger partial charge in [-0.05, 0) is 44.3 Å². The molecule has 0 bridgehead atoms. The average molecular weight is 300 g/mol. The number of hydrogen-bond donors (Lipinski definition) is 3. The zero-order valence-electron chi connectivity index (χ0n) is 12.1. The Morgan fingerprint density at radius 1 is 1.25 bits per heavy atom. The van der Waals surface area contributed by atoms with E-state index in [1.54, 1.807) is 6.07 Å². The third-order valence-electron chi connectivity index (χ3n) is 3.21. The molecule has 7 heteroatoms. The van der Waals surface area contributed by atoms with Crippen LogP contribution in [-0.4, -0.2) is 39.5 Å². The van der Waals surface area contributed by atoms with Gasteiger partial charge in [0.15, 0.2) is 0 Å². The van der Waals surface area contributed by atoms with E-state index in [9.17, 15) is 8.42 Å². The van der Waals surface area contributed by atoms with Crippen molar-refractivity contribution in [2.45, 2.75) is 25.2 Å². The van der Waals surface area contributed by atoms with Gasteiger partial charge in [0.2, 0.25) is 10.0 Å². The van der Waals surface area contributed by atoms with Crippen LogP contribution in [0.3, 0.4) is 0 Å². The summed E-state index contributed by atoms with van der Waals surface area (Å²) < 4.78 is 22.6. The number of rotatable bonds is 8. The fourth-order valence-electron chi connectivity index (χ4n) is 1.93. The highest BCUT2D eigenvalue weighted by Gasteiger charge is 2.10. The molecule has 1 aromatic carbocycles. The van der Waals surface area contributed by atoms with Crippen molar-refractivity contribution in [3.63, 3.8) is 0 Å².